The highest BCUT2D eigenvalue weighted by Gasteiger charge is 2.20. The van der Waals surface area contributed by atoms with Crippen LogP contribution in [0, 0.1) is 0 Å². The summed E-state index contributed by atoms with van der Waals surface area (Å²) in [7, 11) is 3.34. The van der Waals surface area contributed by atoms with Gasteiger partial charge in [-0.2, -0.15) is 0 Å². The third-order valence-corrected chi connectivity index (χ3v) is 7.18. The van der Waals surface area contributed by atoms with Crippen LogP contribution in [0.1, 0.15) is 43.0 Å². The predicted octanol–water partition coefficient (Wildman–Crippen LogP) is 5.79. The second-order valence-electron chi connectivity index (χ2n) is 9.64. The third kappa shape index (κ3) is 6.02. The molecular weight excluding hydrogens is 488 g/mol. The molecule has 0 aromatic heterocycles. The van der Waals surface area contributed by atoms with E-state index in [2.05, 4.69) is 22.3 Å². The number of carbonyl (C=O) groups is 2. The molecule has 0 bridgehead atoms. The van der Waals surface area contributed by atoms with Gasteiger partial charge in [-0.05, 0) is 59.9 Å². The lowest BCUT2D eigenvalue weighted by Crippen LogP contribution is -2.32. The first-order valence-corrected chi connectivity index (χ1v) is 13.1. The molecule has 1 aliphatic rings. The van der Waals surface area contributed by atoms with E-state index < -0.39 is 0 Å². The molecule has 0 saturated heterocycles. The van der Waals surface area contributed by atoms with Crippen molar-refractivity contribution in [1.82, 2.24) is 4.90 Å². The smallest absolute Gasteiger partial charge is 0.256 e. The van der Waals surface area contributed by atoms with Gasteiger partial charge in [-0.1, -0.05) is 60.7 Å². The highest BCUT2D eigenvalue weighted by atomic mass is 16.5. The molecule has 39 heavy (non-hydrogen) atoms. The quantitative estimate of drug-likeness (QED) is 0.283. The van der Waals surface area contributed by atoms with E-state index in [9.17, 15) is 9.59 Å². The molecule has 0 fully saturated rings. The van der Waals surface area contributed by atoms with Crippen LogP contribution in [-0.4, -0.2) is 43.9 Å². The minimum Gasteiger partial charge on any atom is -0.493 e. The Morgan fingerprint density at radius 2 is 1.44 bits per heavy atom. The maximum Gasteiger partial charge on any atom is 0.256 e. The monoisotopic (exact) mass is 520 g/mol. The molecule has 0 saturated carbocycles. The van der Waals surface area contributed by atoms with Gasteiger partial charge in [-0.3, -0.25) is 14.5 Å². The van der Waals surface area contributed by atoms with E-state index in [1.165, 1.54) is 16.7 Å². The van der Waals surface area contributed by atoms with Crippen molar-refractivity contribution in [3.05, 3.63) is 124 Å². The molecule has 0 atom stereocenters. The number of hydrogen-bond acceptors (Lipinski definition) is 5. The standard InChI is InChI=1S/C33H32N2O4/c1-38-30-20-25-17-19-35(22-26(25)21-31(30)39-2)18-16-23-12-14-27(15-13-23)34-33(37)29-11-7-6-10-28(29)32(36)24-8-4-3-5-9-24/h3-15,20-21H,16-19,22H2,1-2H3,(H,34,37). The maximum absolute atomic E-state index is 13.1. The van der Waals surface area contributed by atoms with E-state index >= 15 is 0 Å². The summed E-state index contributed by atoms with van der Waals surface area (Å²) in [4.78, 5) is 28.5. The van der Waals surface area contributed by atoms with E-state index in [4.69, 9.17) is 9.47 Å². The van der Waals surface area contributed by atoms with E-state index in [1.54, 1.807) is 50.6 Å². The number of rotatable bonds is 9. The molecule has 1 heterocycles. The van der Waals surface area contributed by atoms with Gasteiger partial charge in [-0.15, -0.1) is 0 Å². The lowest BCUT2D eigenvalue weighted by molar-refractivity contribution is 0.0996. The molecule has 1 N–H and O–H groups in total. The summed E-state index contributed by atoms with van der Waals surface area (Å²) in [6.45, 7) is 2.82. The normalized spacial score (nSPS) is 12.9. The molecule has 4 aromatic rings. The first kappa shape index (κ1) is 26.2. The van der Waals surface area contributed by atoms with Crippen LogP contribution in [0.3, 0.4) is 0 Å². The first-order valence-electron chi connectivity index (χ1n) is 13.1. The van der Waals surface area contributed by atoms with Gasteiger partial charge < -0.3 is 14.8 Å². The molecule has 1 amide bonds. The molecule has 4 aromatic carbocycles. The summed E-state index contributed by atoms with van der Waals surface area (Å²) < 4.78 is 10.9. The second-order valence-corrected chi connectivity index (χ2v) is 9.64. The Morgan fingerprint density at radius 3 is 2.13 bits per heavy atom. The van der Waals surface area contributed by atoms with Gasteiger partial charge in [0.05, 0.1) is 19.8 Å². The summed E-state index contributed by atoms with van der Waals surface area (Å²) in [5.74, 6) is 1.07. The fraction of sp³-hybridized carbons (Fsp3) is 0.212. The van der Waals surface area contributed by atoms with Crippen molar-refractivity contribution >= 4 is 17.4 Å². The minimum absolute atomic E-state index is 0.172. The number of ketones is 1. The first-order chi connectivity index (χ1) is 19.1. The largest absolute Gasteiger partial charge is 0.493 e. The van der Waals surface area contributed by atoms with E-state index in [1.807, 2.05) is 42.5 Å². The van der Waals surface area contributed by atoms with Crippen LogP contribution >= 0.6 is 0 Å². The van der Waals surface area contributed by atoms with Gasteiger partial charge in [0.25, 0.3) is 5.91 Å². The van der Waals surface area contributed by atoms with E-state index in [-0.39, 0.29) is 11.7 Å². The number of anilines is 1. The lowest BCUT2D eigenvalue weighted by Gasteiger charge is -2.29. The number of ether oxygens (including phenoxy) is 2. The van der Waals surface area contributed by atoms with Crippen molar-refractivity contribution in [2.45, 2.75) is 19.4 Å². The fourth-order valence-corrected chi connectivity index (χ4v) is 5.00. The molecule has 1 aliphatic heterocycles. The Balaban J connectivity index is 1.19. The van der Waals surface area contributed by atoms with Crippen LogP contribution in [0.4, 0.5) is 5.69 Å². The summed E-state index contributed by atoms with van der Waals surface area (Å²) in [5.41, 5.74) is 5.79. The van der Waals surface area contributed by atoms with E-state index in [0.29, 0.717) is 22.4 Å². The third-order valence-electron chi connectivity index (χ3n) is 7.18. The molecule has 6 heteroatoms. The Labute approximate surface area is 229 Å². The predicted molar refractivity (Wildman–Crippen MR) is 153 cm³/mol. The zero-order valence-corrected chi connectivity index (χ0v) is 22.3. The van der Waals surface area contributed by atoms with Crippen molar-refractivity contribution in [3.63, 3.8) is 0 Å². The number of methoxy groups -OCH3 is 2. The van der Waals surface area contributed by atoms with Crippen LogP contribution in [0.25, 0.3) is 0 Å². The molecule has 0 aliphatic carbocycles. The highest BCUT2D eigenvalue weighted by molar-refractivity contribution is 6.17. The average molecular weight is 521 g/mol. The Morgan fingerprint density at radius 1 is 0.795 bits per heavy atom. The molecule has 0 unspecified atom stereocenters. The number of fused-ring (bicyclic) bond motifs is 1. The lowest BCUT2D eigenvalue weighted by atomic mass is 9.98. The van der Waals surface area contributed by atoms with Crippen molar-refractivity contribution in [1.29, 1.82) is 0 Å². The average Bonchev–Trinajstić information content (AvgIpc) is 2.99. The summed E-state index contributed by atoms with van der Waals surface area (Å²) in [6.07, 6.45) is 1.89. The number of benzene rings is 4. The highest BCUT2D eigenvalue weighted by Crippen LogP contribution is 2.33. The second kappa shape index (κ2) is 12.0. The van der Waals surface area contributed by atoms with E-state index in [0.717, 1.165) is 44.0 Å². The fourth-order valence-electron chi connectivity index (χ4n) is 5.00. The zero-order chi connectivity index (χ0) is 27.2. The number of carbonyl (C=O) groups excluding carboxylic acids is 2. The number of nitrogens with zero attached hydrogens (tertiary/aromatic N) is 1. The van der Waals surface area contributed by atoms with Crippen LogP contribution < -0.4 is 14.8 Å². The number of amides is 1. The van der Waals surface area contributed by atoms with Gasteiger partial charge in [0, 0.05) is 36.4 Å². The van der Waals surface area contributed by atoms with Gasteiger partial charge in [0.15, 0.2) is 17.3 Å². The summed E-state index contributed by atoms with van der Waals surface area (Å²) in [6, 6.07) is 28.0. The molecule has 0 radical (unpaired) electrons. The summed E-state index contributed by atoms with van der Waals surface area (Å²) in [5, 5.41) is 2.95. The van der Waals surface area contributed by atoms with Crippen molar-refractivity contribution in [3.8, 4) is 11.5 Å². The van der Waals surface area contributed by atoms with Gasteiger partial charge in [0.2, 0.25) is 0 Å². The minimum atomic E-state index is -0.304. The van der Waals surface area contributed by atoms with Crippen LogP contribution in [0.5, 0.6) is 11.5 Å². The van der Waals surface area contributed by atoms with Gasteiger partial charge >= 0.3 is 0 Å². The topological polar surface area (TPSA) is 67.9 Å². The van der Waals surface area contributed by atoms with Crippen LogP contribution in [0.2, 0.25) is 0 Å². The van der Waals surface area contributed by atoms with Crippen LogP contribution in [0.15, 0.2) is 91.0 Å². The zero-order valence-electron chi connectivity index (χ0n) is 22.3. The van der Waals surface area contributed by atoms with Crippen molar-refractivity contribution in [2.75, 3.05) is 32.6 Å². The summed E-state index contributed by atoms with van der Waals surface area (Å²) >= 11 is 0. The Hall–Kier alpha value is -4.42. The van der Waals surface area contributed by atoms with Gasteiger partial charge in [-0.25, -0.2) is 0 Å². The molecular formula is C33H32N2O4. The molecule has 198 valence electrons. The molecule has 5 rings (SSSR count). The van der Waals surface area contributed by atoms with Crippen molar-refractivity contribution < 1.29 is 19.1 Å². The molecule has 0 spiro atoms. The van der Waals surface area contributed by atoms with Crippen molar-refractivity contribution in [2.24, 2.45) is 0 Å². The SMILES string of the molecule is COc1cc2c(cc1OC)CN(CCc1ccc(NC(=O)c3ccccc3C(=O)c3ccccc3)cc1)CC2. The Bertz CT molecular complexity index is 1470. The number of hydrogen-bond donors (Lipinski definition) is 1. The van der Waals surface area contributed by atoms with Crippen LogP contribution in [-0.2, 0) is 19.4 Å². The van der Waals surface area contributed by atoms with Gasteiger partial charge in [0.1, 0.15) is 0 Å². The molecule has 6 nitrogen and oxygen atoms in total. The Kier molecular flexibility index (Phi) is 8.04. The number of nitrogens with one attached hydrogen (secondary N) is 1. The maximum atomic E-state index is 13.1.